The zero-order chi connectivity index (χ0) is 24.8. The molecule has 0 aliphatic carbocycles. The highest BCUT2D eigenvalue weighted by Gasteiger charge is 2.16. The van der Waals surface area contributed by atoms with Gasteiger partial charge in [-0.3, -0.25) is 4.79 Å². The monoisotopic (exact) mass is 456 g/mol. The summed E-state index contributed by atoms with van der Waals surface area (Å²) < 4.78 is 16.4. The standard InChI is InChI=1S/C22H36O5.C3H8.CH4O/c1-17(2)19(9-6-5-7-10-22(23)24)15-18-11-12-20(26-4)21(16-18)27-14-8-13-25-3;1-3-2;1-2/h11-12,16-17,19H,5-10,13-15H2,1-4H3,(H,23,24);3H2,1-2H3;2H,1H3. The van der Waals surface area contributed by atoms with Crippen molar-refractivity contribution in [1.29, 1.82) is 0 Å². The summed E-state index contributed by atoms with van der Waals surface area (Å²) >= 11 is 0. The minimum Gasteiger partial charge on any atom is -0.493 e. The highest BCUT2D eigenvalue weighted by Crippen LogP contribution is 2.31. The van der Waals surface area contributed by atoms with E-state index < -0.39 is 5.97 Å². The number of aliphatic hydroxyl groups is 1. The van der Waals surface area contributed by atoms with Gasteiger partial charge < -0.3 is 24.4 Å². The lowest BCUT2D eigenvalue weighted by atomic mass is 9.85. The largest absolute Gasteiger partial charge is 0.493 e. The Kier molecular flexibility index (Phi) is 22.7. The molecule has 1 atom stereocenters. The molecule has 6 heteroatoms. The Morgan fingerprint density at radius 2 is 1.62 bits per heavy atom. The second kappa shape index (κ2) is 22.4. The Bertz CT molecular complexity index is 559. The first-order valence-electron chi connectivity index (χ1n) is 11.8. The van der Waals surface area contributed by atoms with Crippen LogP contribution in [0.1, 0.15) is 78.2 Å². The van der Waals surface area contributed by atoms with Crippen LogP contribution < -0.4 is 9.47 Å². The van der Waals surface area contributed by atoms with Crippen molar-refractivity contribution in [2.24, 2.45) is 11.8 Å². The lowest BCUT2D eigenvalue weighted by molar-refractivity contribution is -0.137. The number of aliphatic hydroxyl groups excluding tert-OH is 1. The summed E-state index contributed by atoms with van der Waals surface area (Å²) in [5.41, 5.74) is 1.25. The summed E-state index contributed by atoms with van der Waals surface area (Å²) in [6.07, 6.45) is 7.30. The van der Waals surface area contributed by atoms with E-state index in [4.69, 9.17) is 24.4 Å². The maximum atomic E-state index is 10.6. The van der Waals surface area contributed by atoms with Crippen LogP contribution in [0.3, 0.4) is 0 Å². The minimum absolute atomic E-state index is 0.272. The fraction of sp³-hybridized carbons (Fsp3) is 0.731. The Morgan fingerprint density at radius 1 is 0.969 bits per heavy atom. The van der Waals surface area contributed by atoms with Crippen molar-refractivity contribution < 1.29 is 29.2 Å². The first-order valence-corrected chi connectivity index (χ1v) is 11.8. The normalized spacial score (nSPS) is 11.0. The van der Waals surface area contributed by atoms with Crippen LogP contribution in [0.25, 0.3) is 0 Å². The Balaban J connectivity index is 0. The van der Waals surface area contributed by atoms with Crippen molar-refractivity contribution in [2.45, 2.75) is 79.1 Å². The summed E-state index contributed by atoms with van der Waals surface area (Å²) in [5.74, 6) is 2.00. The molecule has 0 fully saturated rings. The predicted molar refractivity (Wildman–Crippen MR) is 132 cm³/mol. The van der Waals surface area contributed by atoms with E-state index in [1.54, 1.807) is 14.2 Å². The number of carboxylic acid groups (broad SMARTS) is 1. The molecule has 32 heavy (non-hydrogen) atoms. The smallest absolute Gasteiger partial charge is 0.303 e. The number of carboxylic acids is 1. The zero-order valence-corrected chi connectivity index (χ0v) is 21.5. The molecule has 1 rings (SSSR count). The van der Waals surface area contributed by atoms with Gasteiger partial charge in [0.1, 0.15) is 0 Å². The number of hydrogen-bond donors (Lipinski definition) is 2. The number of methoxy groups -OCH3 is 2. The second-order valence-corrected chi connectivity index (χ2v) is 8.09. The van der Waals surface area contributed by atoms with Crippen LogP contribution in [0.15, 0.2) is 18.2 Å². The first-order chi connectivity index (χ1) is 15.4. The maximum absolute atomic E-state index is 10.6. The van der Waals surface area contributed by atoms with E-state index >= 15 is 0 Å². The molecule has 0 aromatic heterocycles. The van der Waals surface area contributed by atoms with Crippen molar-refractivity contribution in [1.82, 2.24) is 0 Å². The van der Waals surface area contributed by atoms with Crippen molar-refractivity contribution in [2.75, 3.05) is 34.5 Å². The first kappa shape index (κ1) is 32.4. The fourth-order valence-corrected chi connectivity index (χ4v) is 3.18. The third-order valence-corrected chi connectivity index (χ3v) is 4.88. The molecule has 0 radical (unpaired) electrons. The second-order valence-electron chi connectivity index (χ2n) is 8.09. The van der Waals surface area contributed by atoms with Crippen molar-refractivity contribution in [3.8, 4) is 11.5 Å². The molecule has 0 saturated heterocycles. The average molecular weight is 457 g/mol. The van der Waals surface area contributed by atoms with Gasteiger partial charge in [-0.15, -0.1) is 0 Å². The molecule has 1 aromatic carbocycles. The molecule has 1 unspecified atom stereocenters. The van der Waals surface area contributed by atoms with E-state index in [1.165, 1.54) is 12.0 Å². The van der Waals surface area contributed by atoms with Gasteiger partial charge >= 0.3 is 5.97 Å². The zero-order valence-electron chi connectivity index (χ0n) is 21.5. The topological polar surface area (TPSA) is 85.2 Å². The maximum Gasteiger partial charge on any atom is 0.303 e. The van der Waals surface area contributed by atoms with Crippen LogP contribution in [0.4, 0.5) is 0 Å². The number of hydrogen-bond acceptors (Lipinski definition) is 5. The van der Waals surface area contributed by atoms with Crippen LogP contribution in [0, 0.1) is 11.8 Å². The van der Waals surface area contributed by atoms with Crippen molar-refractivity contribution >= 4 is 5.97 Å². The Labute approximate surface area is 196 Å². The highest BCUT2D eigenvalue weighted by molar-refractivity contribution is 5.66. The van der Waals surface area contributed by atoms with Crippen LogP contribution in [-0.4, -0.2) is 50.7 Å². The van der Waals surface area contributed by atoms with Gasteiger partial charge in [0.2, 0.25) is 0 Å². The summed E-state index contributed by atoms with van der Waals surface area (Å²) in [7, 11) is 4.35. The molecule has 0 spiro atoms. The molecular formula is C26H48O6. The highest BCUT2D eigenvalue weighted by atomic mass is 16.5. The summed E-state index contributed by atoms with van der Waals surface area (Å²) in [5, 5.41) is 15.7. The molecule has 0 saturated carbocycles. The molecule has 0 heterocycles. The lowest BCUT2D eigenvalue weighted by Crippen LogP contribution is -2.12. The fourth-order valence-electron chi connectivity index (χ4n) is 3.18. The van der Waals surface area contributed by atoms with Gasteiger partial charge in [-0.2, -0.15) is 0 Å². The van der Waals surface area contributed by atoms with E-state index in [2.05, 4.69) is 39.8 Å². The summed E-state index contributed by atoms with van der Waals surface area (Å²) in [4.78, 5) is 10.6. The Hall–Kier alpha value is -1.79. The van der Waals surface area contributed by atoms with Gasteiger partial charge in [-0.1, -0.05) is 53.0 Å². The predicted octanol–water partition coefficient (Wildman–Crippen LogP) is 5.99. The molecule has 1 aromatic rings. The molecule has 0 aliphatic heterocycles. The van der Waals surface area contributed by atoms with E-state index in [1.807, 2.05) is 6.07 Å². The molecular weight excluding hydrogens is 408 g/mol. The quantitative estimate of drug-likeness (QED) is 0.316. The third-order valence-electron chi connectivity index (χ3n) is 4.88. The number of unbranched alkanes of at least 4 members (excludes halogenated alkanes) is 2. The molecule has 2 N–H and O–H groups in total. The lowest BCUT2D eigenvalue weighted by Gasteiger charge is -2.22. The van der Waals surface area contributed by atoms with Gasteiger partial charge in [-0.25, -0.2) is 0 Å². The van der Waals surface area contributed by atoms with Crippen LogP contribution in [0.2, 0.25) is 0 Å². The number of benzene rings is 1. The summed E-state index contributed by atoms with van der Waals surface area (Å²) in [6, 6.07) is 6.18. The number of aliphatic carboxylic acids is 1. The van der Waals surface area contributed by atoms with E-state index in [-0.39, 0.29) is 6.42 Å². The van der Waals surface area contributed by atoms with E-state index in [0.717, 1.165) is 57.1 Å². The van der Waals surface area contributed by atoms with Gasteiger partial charge in [0, 0.05) is 33.7 Å². The number of rotatable bonds is 15. The number of ether oxygens (including phenoxy) is 3. The molecule has 188 valence electrons. The SMILES string of the molecule is CCC.CO.COCCCOc1cc(CC(CCCCCC(=O)O)C(C)C)ccc1OC. The number of carbonyl (C=O) groups is 1. The minimum atomic E-state index is -0.702. The van der Waals surface area contributed by atoms with E-state index in [9.17, 15) is 4.79 Å². The molecule has 6 nitrogen and oxygen atoms in total. The Morgan fingerprint density at radius 3 is 2.16 bits per heavy atom. The van der Waals surface area contributed by atoms with Crippen LogP contribution >= 0.6 is 0 Å². The average Bonchev–Trinajstić information content (AvgIpc) is 2.77. The molecule has 0 aliphatic rings. The van der Waals surface area contributed by atoms with Gasteiger partial charge in [0.15, 0.2) is 11.5 Å². The molecule has 0 amide bonds. The van der Waals surface area contributed by atoms with Crippen molar-refractivity contribution in [3.05, 3.63) is 23.8 Å². The van der Waals surface area contributed by atoms with Gasteiger partial charge in [-0.05, 0) is 48.8 Å². The van der Waals surface area contributed by atoms with Gasteiger partial charge in [0.05, 0.1) is 13.7 Å². The summed E-state index contributed by atoms with van der Waals surface area (Å²) in [6.45, 7) is 10.0. The van der Waals surface area contributed by atoms with Gasteiger partial charge in [0.25, 0.3) is 0 Å². The van der Waals surface area contributed by atoms with Crippen LogP contribution in [-0.2, 0) is 16.0 Å². The van der Waals surface area contributed by atoms with E-state index in [0.29, 0.717) is 25.0 Å². The molecule has 0 bridgehead atoms. The van der Waals surface area contributed by atoms with Crippen molar-refractivity contribution in [3.63, 3.8) is 0 Å². The van der Waals surface area contributed by atoms with Crippen LogP contribution in [0.5, 0.6) is 11.5 Å². The third kappa shape index (κ3) is 16.8.